The largest absolute Gasteiger partial charge is 0.457 e. The Labute approximate surface area is 145 Å². The third kappa shape index (κ3) is 4.92. The van der Waals surface area contributed by atoms with Gasteiger partial charge in [0.2, 0.25) is 5.91 Å². The fourth-order valence-corrected chi connectivity index (χ4v) is 2.06. The summed E-state index contributed by atoms with van der Waals surface area (Å²) in [6.45, 7) is 1.03. The van der Waals surface area contributed by atoms with Gasteiger partial charge in [-0.2, -0.15) is 13.2 Å². The van der Waals surface area contributed by atoms with E-state index >= 15 is 0 Å². The molecule has 140 valence electrons. The number of halogens is 5. The highest BCUT2D eigenvalue weighted by Crippen LogP contribution is 2.35. The lowest BCUT2D eigenvalue weighted by Crippen LogP contribution is -2.38. The average Bonchev–Trinajstić information content (AvgIpc) is 2.55. The molecule has 0 saturated heterocycles. The zero-order valence-corrected chi connectivity index (χ0v) is 13.5. The minimum absolute atomic E-state index is 0.157. The molecule has 0 aromatic heterocycles. The summed E-state index contributed by atoms with van der Waals surface area (Å²) in [6, 6.07) is 4.81. The number of rotatable bonds is 5. The van der Waals surface area contributed by atoms with Crippen LogP contribution in [0.2, 0.25) is 0 Å². The van der Waals surface area contributed by atoms with E-state index in [1.54, 1.807) is 0 Å². The normalized spacial score (nSPS) is 12.6. The summed E-state index contributed by atoms with van der Waals surface area (Å²) in [4.78, 5) is 11.4. The molecule has 4 nitrogen and oxygen atoms in total. The fraction of sp³-hybridized carbons (Fsp3) is 0.235. The molecule has 2 aromatic carbocycles. The molecule has 3 N–H and O–H groups in total. The van der Waals surface area contributed by atoms with Crippen molar-refractivity contribution in [3.63, 3.8) is 0 Å². The van der Waals surface area contributed by atoms with Crippen LogP contribution in [0.5, 0.6) is 11.5 Å². The molecular formula is C17H15F5N2O2. The number of amides is 1. The van der Waals surface area contributed by atoms with Crippen molar-refractivity contribution in [2.45, 2.75) is 25.7 Å². The number of alkyl halides is 3. The number of benzene rings is 2. The summed E-state index contributed by atoms with van der Waals surface area (Å²) in [6.07, 6.45) is -4.71. The molecule has 0 aliphatic heterocycles. The molecule has 0 aliphatic rings. The molecule has 1 amide bonds. The van der Waals surface area contributed by atoms with E-state index in [4.69, 9.17) is 10.5 Å². The maximum absolute atomic E-state index is 13.3. The number of nitrogens with one attached hydrogen (secondary N) is 1. The van der Waals surface area contributed by atoms with Crippen molar-refractivity contribution in [1.29, 1.82) is 0 Å². The molecule has 2 aromatic rings. The van der Waals surface area contributed by atoms with Gasteiger partial charge in [-0.15, -0.1) is 0 Å². The van der Waals surface area contributed by atoms with E-state index in [-0.39, 0.29) is 23.6 Å². The van der Waals surface area contributed by atoms with E-state index in [2.05, 4.69) is 5.32 Å². The number of nitrogens with two attached hydrogens (primary N) is 1. The highest BCUT2D eigenvalue weighted by atomic mass is 19.4. The number of carbonyl (C=O) groups excluding carboxylic acids is 1. The Hall–Kier alpha value is -2.68. The van der Waals surface area contributed by atoms with Gasteiger partial charge in [0, 0.05) is 12.6 Å². The summed E-state index contributed by atoms with van der Waals surface area (Å²) >= 11 is 0. The number of carbonyl (C=O) groups is 1. The Kier molecular flexibility index (Phi) is 5.81. The second-order valence-corrected chi connectivity index (χ2v) is 5.50. The second-order valence-electron chi connectivity index (χ2n) is 5.50. The van der Waals surface area contributed by atoms with Crippen LogP contribution >= 0.6 is 0 Å². The lowest BCUT2D eigenvalue weighted by Gasteiger charge is -2.16. The first-order valence-electron chi connectivity index (χ1n) is 7.44. The van der Waals surface area contributed by atoms with Crippen LogP contribution in [0.1, 0.15) is 18.1 Å². The lowest BCUT2D eigenvalue weighted by atomic mass is 10.1. The topological polar surface area (TPSA) is 64.4 Å². The number of hydrogen-bond donors (Lipinski definition) is 2. The second kappa shape index (κ2) is 7.69. The van der Waals surface area contributed by atoms with Crippen molar-refractivity contribution < 1.29 is 31.5 Å². The molecule has 0 spiro atoms. The first kappa shape index (κ1) is 19.6. The Morgan fingerprint density at radius 2 is 1.73 bits per heavy atom. The zero-order valence-electron chi connectivity index (χ0n) is 13.5. The molecule has 0 radical (unpaired) electrons. The van der Waals surface area contributed by atoms with Crippen molar-refractivity contribution in [3.05, 3.63) is 59.2 Å². The molecule has 0 fully saturated rings. The van der Waals surface area contributed by atoms with Crippen LogP contribution in [0, 0.1) is 11.6 Å². The van der Waals surface area contributed by atoms with E-state index in [9.17, 15) is 26.7 Å². The standard InChI is InChI=1S/C17H15F5N2O2/c1-9(23)16(25)24-8-10-2-3-11(6-13(10)17(20,21)22)26-12-4-5-14(18)15(19)7-12/h2-7,9H,8,23H2,1H3,(H,24,25)/t9-/m1/s1. The Balaban J connectivity index is 2.27. The molecule has 0 saturated carbocycles. The van der Waals surface area contributed by atoms with Gasteiger partial charge in [-0.3, -0.25) is 4.79 Å². The molecule has 0 heterocycles. The SMILES string of the molecule is C[C@@H](N)C(=O)NCc1ccc(Oc2ccc(F)c(F)c2)cc1C(F)(F)F. The van der Waals surface area contributed by atoms with Gasteiger partial charge in [0.15, 0.2) is 11.6 Å². The molecule has 0 unspecified atom stereocenters. The number of ether oxygens (including phenoxy) is 1. The zero-order chi connectivity index (χ0) is 19.5. The van der Waals surface area contributed by atoms with Crippen molar-refractivity contribution in [3.8, 4) is 11.5 Å². The van der Waals surface area contributed by atoms with E-state index in [0.29, 0.717) is 6.07 Å². The van der Waals surface area contributed by atoms with Crippen LogP contribution in [0.4, 0.5) is 22.0 Å². The summed E-state index contributed by atoms with van der Waals surface area (Å²) in [5, 5.41) is 2.30. The smallest absolute Gasteiger partial charge is 0.416 e. The van der Waals surface area contributed by atoms with Crippen molar-refractivity contribution >= 4 is 5.91 Å². The minimum atomic E-state index is -4.71. The molecule has 0 aliphatic carbocycles. The van der Waals surface area contributed by atoms with Crippen LogP contribution in [-0.4, -0.2) is 11.9 Å². The highest BCUT2D eigenvalue weighted by molar-refractivity contribution is 5.80. The monoisotopic (exact) mass is 374 g/mol. The van der Waals surface area contributed by atoms with Gasteiger partial charge < -0.3 is 15.8 Å². The molecule has 9 heteroatoms. The molecule has 0 bridgehead atoms. The van der Waals surface area contributed by atoms with Crippen LogP contribution in [0.25, 0.3) is 0 Å². The predicted octanol–water partition coefficient (Wildman–Crippen LogP) is 3.74. The third-order valence-electron chi connectivity index (χ3n) is 3.38. The molecular weight excluding hydrogens is 359 g/mol. The number of hydrogen-bond acceptors (Lipinski definition) is 3. The van der Waals surface area contributed by atoms with Crippen molar-refractivity contribution in [1.82, 2.24) is 5.32 Å². The van der Waals surface area contributed by atoms with Crippen LogP contribution in [0.15, 0.2) is 36.4 Å². The van der Waals surface area contributed by atoms with Gasteiger partial charge in [-0.05, 0) is 36.8 Å². The average molecular weight is 374 g/mol. The molecule has 2 rings (SSSR count). The van der Waals surface area contributed by atoms with Gasteiger partial charge in [-0.25, -0.2) is 8.78 Å². The quantitative estimate of drug-likeness (QED) is 0.784. The van der Waals surface area contributed by atoms with Gasteiger partial charge in [-0.1, -0.05) is 6.07 Å². The Morgan fingerprint density at radius 3 is 2.31 bits per heavy atom. The predicted molar refractivity (Wildman–Crippen MR) is 83.4 cm³/mol. The van der Waals surface area contributed by atoms with E-state index in [1.807, 2.05) is 0 Å². The minimum Gasteiger partial charge on any atom is -0.457 e. The summed E-state index contributed by atoms with van der Waals surface area (Å²) in [5.74, 6) is -3.26. The van der Waals surface area contributed by atoms with E-state index in [0.717, 1.165) is 24.3 Å². The summed E-state index contributed by atoms with van der Waals surface area (Å²) in [5.41, 5.74) is 4.13. The maximum Gasteiger partial charge on any atom is 0.416 e. The van der Waals surface area contributed by atoms with Gasteiger partial charge >= 0.3 is 6.18 Å². The highest BCUT2D eigenvalue weighted by Gasteiger charge is 2.34. The molecule has 1 atom stereocenters. The van der Waals surface area contributed by atoms with E-state index in [1.165, 1.54) is 13.0 Å². The Morgan fingerprint density at radius 1 is 1.12 bits per heavy atom. The van der Waals surface area contributed by atoms with Crippen LogP contribution < -0.4 is 15.8 Å². The van der Waals surface area contributed by atoms with E-state index < -0.39 is 35.3 Å². The molecule has 26 heavy (non-hydrogen) atoms. The summed E-state index contributed by atoms with van der Waals surface area (Å²) in [7, 11) is 0. The first-order valence-corrected chi connectivity index (χ1v) is 7.44. The van der Waals surface area contributed by atoms with Crippen molar-refractivity contribution in [2.75, 3.05) is 0 Å². The Bertz CT molecular complexity index is 806. The van der Waals surface area contributed by atoms with Gasteiger partial charge in [0.1, 0.15) is 11.5 Å². The fourth-order valence-electron chi connectivity index (χ4n) is 2.06. The maximum atomic E-state index is 13.3. The van der Waals surface area contributed by atoms with Gasteiger partial charge in [0.05, 0.1) is 11.6 Å². The summed E-state index contributed by atoms with van der Waals surface area (Å²) < 4.78 is 71.0. The van der Waals surface area contributed by atoms with Crippen LogP contribution in [0.3, 0.4) is 0 Å². The van der Waals surface area contributed by atoms with Crippen molar-refractivity contribution in [2.24, 2.45) is 5.73 Å². The van der Waals surface area contributed by atoms with Gasteiger partial charge in [0.25, 0.3) is 0 Å². The van der Waals surface area contributed by atoms with Crippen LogP contribution in [-0.2, 0) is 17.5 Å². The third-order valence-corrected chi connectivity index (χ3v) is 3.38. The first-order chi connectivity index (χ1) is 12.1. The lowest BCUT2D eigenvalue weighted by molar-refractivity contribution is -0.138.